The first-order valence-electron chi connectivity index (χ1n) is 3.20. The standard InChI is InChI=1S/C6H12O3/c1-7-4-5-8-9-6-2-3-6/h6H,2-5H2,1H3. The molecule has 0 radical (unpaired) electrons. The average Bonchev–Trinajstić information content (AvgIpc) is 2.63. The zero-order chi connectivity index (χ0) is 6.53. The van der Waals surface area contributed by atoms with Crippen molar-refractivity contribution in [1.29, 1.82) is 0 Å². The lowest BCUT2D eigenvalue weighted by Gasteiger charge is -1.99. The molecule has 54 valence electrons. The second-order valence-corrected chi connectivity index (χ2v) is 2.11. The highest BCUT2D eigenvalue weighted by molar-refractivity contribution is 4.70. The highest BCUT2D eigenvalue weighted by Gasteiger charge is 2.23. The lowest BCUT2D eigenvalue weighted by Crippen LogP contribution is -2.03. The summed E-state index contributed by atoms with van der Waals surface area (Å²) in [4.78, 5) is 9.65. The second kappa shape index (κ2) is 3.82. The van der Waals surface area contributed by atoms with Crippen molar-refractivity contribution in [2.24, 2.45) is 0 Å². The molecule has 0 spiro atoms. The Balaban J connectivity index is 1.71. The van der Waals surface area contributed by atoms with E-state index in [0.29, 0.717) is 19.3 Å². The van der Waals surface area contributed by atoms with Crippen molar-refractivity contribution in [2.75, 3.05) is 20.3 Å². The summed E-state index contributed by atoms with van der Waals surface area (Å²) in [6.07, 6.45) is 2.67. The van der Waals surface area contributed by atoms with Gasteiger partial charge < -0.3 is 4.74 Å². The van der Waals surface area contributed by atoms with E-state index in [1.165, 1.54) is 0 Å². The van der Waals surface area contributed by atoms with Crippen molar-refractivity contribution in [2.45, 2.75) is 18.9 Å². The zero-order valence-electron chi connectivity index (χ0n) is 5.63. The van der Waals surface area contributed by atoms with E-state index in [-0.39, 0.29) is 0 Å². The summed E-state index contributed by atoms with van der Waals surface area (Å²) in [5, 5.41) is 0. The molecule has 1 aliphatic rings. The van der Waals surface area contributed by atoms with Gasteiger partial charge in [-0.25, -0.2) is 9.78 Å². The van der Waals surface area contributed by atoms with Crippen LogP contribution in [0.5, 0.6) is 0 Å². The molecule has 0 aromatic rings. The summed E-state index contributed by atoms with van der Waals surface area (Å²) in [6, 6.07) is 0. The highest BCUT2D eigenvalue weighted by Crippen LogP contribution is 2.23. The van der Waals surface area contributed by atoms with Gasteiger partial charge in [-0.2, -0.15) is 0 Å². The van der Waals surface area contributed by atoms with Gasteiger partial charge in [0, 0.05) is 7.11 Å². The van der Waals surface area contributed by atoms with E-state index in [4.69, 9.17) is 14.5 Å². The van der Waals surface area contributed by atoms with Crippen LogP contribution in [0.25, 0.3) is 0 Å². The molecule has 0 N–H and O–H groups in total. The minimum Gasteiger partial charge on any atom is -0.382 e. The van der Waals surface area contributed by atoms with Crippen molar-refractivity contribution < 1.29 is 14.5 Å². The molecule has 1 saturated carbocycles. The molecule has 0 saturated heterocycles. The fraction of sp³-hybridized carbons (Fsp3) is 1.00. The Morgan fingerprint density at radius 1 is 1.33 bits per heavy atom. The molecule has 0 aromatic carbocycles. The molecule has 1 rings (SSSR count). The molecule has 0 heterocycles. The Morgan fingerprint density at radius 2 is 2.11 bits per heavy atom. The van der Waals surface area contributed by atoms with Crippen LogP contribution < -0.4 is 0 Å². The van der Waals surface area contributed by atoms with Crippen LogP contribution in [0.1, 0.15) is 12.8 Å². The van der Waals surface area contributed by atoms with E-state index in [1.807, 2.05) is 0 Å². The number of rotatable bonds is 5. The van der Waals surface area contributed by atoms with Crippen LogP contribution in [0, 0.1) is 0 Å². The van der Waals surface area contributed by atoms with Gasteiger partial charge in [-0.05, 0) is 12.8 Å². The summed E-state index contributed by atoms with van der Waals surface area (Å²) >= 11 is 0. The second-order valence-electron chi connectivity index (χ2n) is 2.11. The number of methoxy groups -OCH3 is 1. The average molecular weight is 132 g/mol. The monoisotopic (exact) mass is 132 g/mol. The molecule has 0 aliphatic heterocycles. The molecular weight excluding hydrogens is 120 g/mol. The fourth-order valence-electron chi connectivity index (χ4n) is 0.426. The van der Waals surface area contributed by atoms with Gasteiger partial charge >= 0.3 is 0 Å². The van der Waals surface area contributed by atoms with Gasteiger partial charge in [-0.15, -0.1) is 0 Å². The van der Waals surface area contributed by atoms with Gasteiger partial charge in [0.1, 0.15) is 6.61 Å². The van der Waals surface area contributed by atoms with E-state index in [2.05, 4.69) is 0 Å². The maximum atomic E-state index is 4.88. The van der Waals surface area contributed by atoms with Crippen LogP contribution in [0.4, 0.5) is 0 Å². The van der Waals surface area contributed by atoms with Crippen LogP contribution >= 0.6 is 0 Å². The van der Waals surface area contributed by atoms with Crippen molar-refractivity contribution in [3.8, 4) is 0 Å². The van der Waals surface area contributed by atoms with Crippen LogP contribution in [-0.4, -0.2) is 26.4 Å². The summed E-state index contributed by atoms with van der Waals surface area (Å²) in [5.74, 6) is 0. The molecule has 3 heteroatoms. The maximum Gasteiger partial charge on any atom is 0.106 e. The Kier molecular flexibility index (Phi) is 2.97. The van der Waals surface area contributed by atoms with E-state index >= 15 is 0 Å². The lowest BCUT2D eigenvalue weighted by atomic mass is 10.8. The molecular formula is C6H12O3. The predicted octanol–water partition coefficient (Wildman–Crippen LogP) is 0.743. The summed E-state index contributed by atoms with van der Waals surface area (Å²) in [6.45, 7) is 1.14. The minimum absolute atomic E-state index is 0.377. The van der Waals surface area contributed by atoms with Gasteiger partial charge in [0.25, 0.3) is 0 Å². The molecule has 0 bridgehead atoms. The van der Waals surface area contributed by atoms with Gasteiger partial charge in [0.05, 0.1) is 12.7 Å². The van der Waals surface area contributed by atoms with Gasteiger partial charge in [-0.3, -0.25) is 0 Å². The molecule has 3 nitrogen and oxygen atoms in total. The highest BCUT2D eigenvalue weighted by atomic mass is 17.2. The fourth-order valence-corrected chi connectivity index (χ4v) is 0.426. The van der Waals surface area contributed by atoms with E-state index in [0.717, 1.165) is 12.8 Å². The van der Waals surface area contributed by atoms with E-state index in [9.17, 15) is 0 Å². The van der Waals surface area contributed by atoms with Crippen LogP contribution in [0.2, 0.25) is 0 Å². The number of hydrogen-bond donors (Lipinski definition) is 0. The van der Waals surface area contributed by atoms with Gasteiger partial charge in [0.2, 0.25) is 0 Å². The number of hydrogen-bond acceptors (Lipinski definition) is 3. The molecule has 1 fully saturated rings. The van der Waals surface area contributed by atoms with Crippen LogP contribution in [-0.2, 0) is 14.5 Å². The van der Waals surface area contributed by atoms with Crippen molar-refractivity contribution >= 4 is 0 Å². The summed E-state index contributed by atoms with van der Waals surface area (Å²) in [7, 11) is 1.64. The Labute approximate surface area is 54.8 Å². The Morgan fingerprint density at radius 3 is 2.67 bits per heavy atom. The van der Waals surface area contributed by atoms with Gasteiger partial charge in [0.15, 0.2) is 0 Å². The smallest absolute Gasteiger partial charge is 0.106 e. The SMILES string of the molecule is COCCOOC1CC1. The van der Waals surface area contributed by atoms with Crippen molar-refractivity contribution in [3.05, 3.63) is 0 Å². The quantitative estimate of drug-likeness (QED) is 0.314. The Hall–Kier alpha value is -0.120. The minimum atomic E-state index is 0.377. The molecule has 0 amide bonds. The van der Waals surface area contributed by atoms with E-state index < -0.39 is 0 Å². The third kappa shape index (κ3) is 3.46. The summed E-state index contributed by atoms with van der Waals surface area (Å²) < 4.78 is 4.74. The third-order valence-electron chi connectivity index (χ3n) is 1.10. The molecule has 9 heavy (non-hydrogen) atoms. The topological polar surface area (TPSA) is 27.7 Å². The van der Waals surface area contributed by atoms with Gasteiger partial charge in [-0.1, -0.05) is 0 Å². The Bertz CT molecular complexity index is 70.7. The van der Waals surface area contributed by atoms with Crippen molar-refractivity contribution in [3.63, 3.8) is 0 Å². The lowest BCUT2D eigenvalue weighted by molar-refractivity contribution is -0.306. The molecule has 0 atom stereocenters. The largest absolute Gasteiger partial charge is 0.382 e. The zero-order valence-corrected chi connectivity index (χ0v) is 5.63. The molecule has 1 aliphatic carbocycles. The van der Waals surface area contributed by atoms with Crippen LogP contribution in [0.3, 0.4) is 0 Å². The van der Waals surface area contributed by atoms with Crippen LogP contribution in [0.15, 0.2) is 0 Å². The van der Waals surface area contributed by atoms with E-state index in [1.54, 1.807) is 7.11 Å². The third-order valence-corrected chi connectivity index (χ3v) is 1.10. The van der Waals surface area contributed by atoms with Crippen molar-refractivity contribution in [1.82, 2.24) is 0 Å². The predicted molar refractivity (Wildman–Crippen MR) is 31.9 cm³/mol. The molecule has 0 unspecified atom stereocenters. The first-order chi connectivity index (χ1) is 4.43. The molecule has 0 aromatic heterocycles. The summed E-state index contributed by atoms with van der Waals surface area (Å²) in [5.41, 5.74) is 0. The maximum absolute atomic E-state index is 4.88. The first kappa shape index (κ1) is 6.99. The first-order valence-corrected chi connectivity index (χ1v) is 3.20. The number of ether oxygens (including phenoxy) is 1. The normalized spacial score (nSPS) is 18.3.